The van der Waals surface area contributed by atoms with Crippen LogP contribution in [0.5, 0.6) is 5.75 Å². The first-order valence-corrected chi connectivity index (χ1v) is 7.25. The fourth-order valence-electron chi connectivity index (χ4n) is 2.26. The van der Waals surface area contributed by atoms with Gasteiger partial charge in [0.1, 0.15) is 12.0 Å². The van der Waals surface area contributed by atoms with Crippen LogP contribution >= 0.6 is 0 Å². The SMILES string of the molecule is COc1cc(-c2nn(C(C)C)cc2-c2ccncn2)cnc1N. The first-order valence-electron chi connectivity index (χ1n) is 7.25. The molecular formula is C16H18N6O. The summed E-state index contributed by atoms with van der Waals surface area (Å²) in [6, 6.07) is 3.92. The second-order valence-corrected chi connectivity index (χ2v) is 5.37. The van der Waals surface area contributed by atoms with Gasteiger partial charge in [0.15, 0.2) is 11.6 Å². The van der Waals surface area contributed by atoms with Crippen molar-refractivity contribution in [3.63, 3.8) is 0 Å². The van der Waals surface area contributed by atoms with Crippen LogP contribution in [0.1, 0.15) is 19.9 Å². The number of hydrogen-bond acceptors (Lipinski definition) is 6. The summed E-state index contributed by atoms with van der Waals surface area (Å²) in [5, 5.41) is 4.68. The van der Waals surface area contributed by atoms with Crippen molar-refractivity contribution in [3.8, 4) is 28.3 Å². The molecule has 3 rings (SSSR count). The number of nitrogens with two attached hydrogens (primary N) is 1. The van der Waals surface area contributed by atoms with Gasteiger partial charge >= 0.3 is 0 Å². The zero-order valence-corrected chi connectivity index (χ0v) is 13.3. The highest BCUT2D eigenvalue weighted by Gasteiger charge is 2.17. The predicted octanol–water partition coefficient (Wildman–Crippen LogP) is 2.57. The van der Waals surface area contributed by atoms with E-state index in [1.165, 1.54) is 6.33 Å². The molecule has 0 unspecified atom stereocenters. The highest BCUT2D eigenvalue weighted by Crippen LogP contribution is 2.33. The van der Waals surface area contributed by atoms with Crippen molar-refractivity contribution in [2.75, 3.05) is 12.8 Å². The number of pyridine rings is 1. The van der Waals surface area contributed by atoms with Crippen LogP contribution in [0.2, 0.25) is 0 Å². The predicted molar refractivity (Wildman–Crippen MR) is 87.8 cm³/mol. The van der Waals surface area contributed by atoms with Gasteiger partial charge in [-0.05, 0) is 26.0 Å². The van der Waals surface area contributed by atoms with E-state index in [0.29, 0.717) is 11.6 Å². The van der Waals surface area contributed by atoms with E-state index in [1.807, 2.05) is 23.0 Å². The van der Waals surface area contributed by atoms with E-state index in [0.717, 1.165) is 22.5 Å². The summed E-state index contributed by atoms with van der Waals surface area (Å²) in [6.07, 6.45) is 6.90. The van der Waals surface area contributed by atoms with E-state index in [-0.39, 0.29) is 6.04 Å². The average Bonchev–Trinajstić information content (AvgIpc) is 3.02. The molecular weight excluding hydrogens is 292 g/mol. The molecule has 0 fully saturated rings. The number of hydrogen-bond donors (Lipinski definition) is 1. The minimum atomic E-state index is 0.230. The fourth-order valence-corrected chi connectivity index (χ4v) is 2.26. The maximum Gasteiger partial charge on any atom is 0.166 e. The van der Waals surface area contributed by atoms with Crippen LogP contribution in [-0.2, 0) is 0 Å². The van der Waals surface area contributed by atoms with Gasteiger partial charge in [0.05, 0.1) is 12.8 Å². The maximum atomic E-state index is 5.80. The molecule has 7 heteroatoms. The van der Waals surface area contributed by atoms with Gasteiger partial charge in [-0.25, -0.2) is 15.0 Å². The fraction of sp³-hybridized carbons (Fsp3) is 0.250. The number of anilines is 1. The van der Waals surface area contributed by atoms with Gasteiger partial charge in [-0.1, -0.05) is 0 Å². The van der Waals surface area contributed by atoms with Crippen LogP contribution in [0.25, 0.3) is 22.5 Å². The summed E-state index contributed by atoms with van der Waals surface area (Å²) in [5.41, 5.74) is 9.12. The molecule has 3 heterocycles. The van der Waals surface area contributed by atoms with E-state index >= 15 is 0 Å². The van der Waals surface area contributed by atoms with E-state index < -0.39 is 0 Å². The molecule has 7 nitrogen and oxygen atoms in total. The molecule has 0 aliphatic carbocycles. The Morgan fingerprint density at radius 3 is 2.74 bits per heavy atom. The summed E-state index contributed by atoms with van der Waals surface area (Å²) >= 11 is 0. The minimum Gasteiger partial charge on any atom is -0.493 e. The van der Waals surface area contributed by atoms with E-state index in [1.54, 1.807) is 19.5 Å². The zero-order chi connectivity index (χ0) is 16.4. The van der Waals surface area contributed by atoms with Crippen LogP contribution in [0.15, 0.2) is 37.1 Å². The third kappa shape index (κ3) is 2.85. The normalized spacial score (nSPS) is 11.0. The van der Waals surface area contributed by atoms with Crippen molar-refractivity contribution >= 4 is 5.82 Å². The van der Waals surface area contributed by atoms with Crippen molar-refractivity contribution in [2.45, 2.75) is 19.9 Å². The molecule has 3 aromatic rings. The number of rotatable bonds is 4. The van der Waals surface area contributed by atoms with Gasteiger partial charge in [0, 0.05) is 35.8 Å². The number of nitrogens with zero attached hydrogens (tertiary/aromatic N) is 5. The maximum absolute atomic E-state index is 5.80. The Hall–Kier alpha value is -2.96. The lowest BCUT2D eigenvalue weighted by molar-refractivity contribution is 0.415. The molecule has 0 amide bonds. The Bertz CT molecular complexity index is 813. The molecule has 0 aliphatic rings. The highest BCUT2D eigenvalue weighted by molar-refractivity contribution is 5.79. The van der Waals surface area contributed by atoms with Gasteiger partial charge in [0.25, 0.3) is 0 Å². The van der Waals surface area contributed by atoms with Gasteiger partial charge < -0.3 is 10.5 Å². The number of methoxy groups -OCH3 is 1. The van der Waals surface area contributed by atoms with E-state index in [9.17, 15) is 0 Å². The Balaban J connectivity index is 2.18. The molecule has 118 valence electrons. The van der Waals surface area contributed by atoms with E-state index in [4.69, 9.17) is 10.5 Å². The van der Waals surface area contributed by atoms with Crippen molar-refractivity contribution in [1.82, 2.24) is 24.7 Å². The Morgan fingerprint density at radius 1 is 1.26 bits per heavy atom. The summed E-state index contributed by atoms with van der Waals surface area (Å²) in [7, 11) is 1.56. The second kappa shape index (κ2) is 6.04. The molecule has 0 saturated heterocycles. The van der Waals surface area contributed by atoms with Gasteiger partial charge in [0.2, 0.25) is 0 Å². The van der Waals surface area contributed by atoms with Crippen molar-refractivity contribution in [2.24, 2.45) is 0 Å². The number of nitrogen functional groups attached to an aromatic ring is 1. The minimum absolute atomic E-state index is 0.230. The Kier molecular flexibility index (Phi) is 3.92. The monoisotopic (exact) mass is 310 g/mol. The van der Waals surface area contributed by atoms with Crippen molar-refractivity contribution in [1.29, 1.82) is 0 Å². The molecule has 23 heavy (non-hydrogen) atoms. The summed E-state index contributed by atoms with van der Waals surface area (Å²) in [6.45, 7) is 4.14. The topological polar surface area (TPSA) is 91.7 Å². The smallest absolute Gasteiger partial charge is 0.166 e. The highest BCUT2D eigenvalue weighted by atomic mass is 16.5. The van der Waals surface area contributed by atoms with Gasteiger partial charge in [-0.15, -0.1) is 0 Å². The summed E-state index contributed by atoms with van der Waals surface area (Å²) in [5.74, 6) is 0.873. The number of ether oxygens (including phenoxy) is 1. The van der Waals surface area contributed by atoms with Crippen LogP contribution in [-0.4, -0.2) is 31.8 Å². The van der Waals surface area contributed by atoms with Crippen molar-refractivity contribution in [3.05, 3.63) is 37.1 Å². The van der Waals surface area contributed by atoms with Crippen LogP contribution in [0.3, 0.4) is 0 Å². The second-order valence-electron chi connectivity index (χ2n) is 5.37. The van der Waals surface area contributed by atoms with E-state index in [2.05, 4.69) is 33.9 Å². The Morgan fingerprint density at radius 2 is 2.09 bits per heavy atom. The molecule has 0 bridgehead atoms. The zero-order valence-electron chi connectivity index (χ0n) is 13.3. The molecule has 0 saturated carbocycles. The van der Waals surface area contributed by atoms with Crippen molar-refractivity contribution < 1.29 is 4.74 Å². The molecule has 2 N–H and O–H groups in total. The third-order valence-corrected chi connectivity index (χ3v) is 3.49. The summed E-state index contributed by atoms with van der Waals surface area (Å²) < 4.78 is 7.16. The lowest BCUT2D eigenvalue weighted by atomic mass is 10.1. The molecule has 0 radical (unpaired) electrons. The van der Waals surface area contributed by atoms with Gasteiger partial charge in [-0.2, -0.15) is 5.10 Å². The lowest BCUT2D eigenvalue weighted by Gasteiger charge is -2.06. The first-order chi connectivity index (χ1) is 11.1. The lowest BCUT2D eigenvalue weighted by Crippen LogP contribution is -2.01. The quantitative estimate of drug-likeness (QED) is 0.796. The summed E-state index contributed by atoms with van der Waals surface area (Å²) in [4.78, 5) is 12.5. The molecule has 0 aliphatic heterocycles. The molecule has 0 aromatic carbocycles. The largest absolute Gasteiger partial charge is 0.493 e. The number of aromatic nitrogens is 5. The Labute approximate surface area is 134 Å². The first kappa shape index (κ1) is 15.0. The average molecular weight is 310 g/mol. The third-order valence-electron chi connectivity index (χ3n) is 3.49. The van der Waals surface area contributed by atoms with Crippen LogP contribution in [0, 0.1) is 0 Å². The standard InChI is InChI=1S/C16H18N6O/c1-10(2)22-8-12(13-4-5-18-9-20-13)15(21-22)11-6-14(23-3)16(17)19-7-11/h4-10H,1-3H3,(H2,17,19). The molecule has 0 spiro atoms. The van der Waals surface area contributed by atoms with Crippen LogP contribution < -0.4 is 10.5 Å². The molecule has 3 aromatic heterocycles. The van der Waals surface area contributed by atoms with Crippen LogP contribution in [0.4, 0.5) is 5.82 Å². The molecule has 0 atom stereocenters. The van der Waals surface area contributed by atoms with Gasteiger partial charge in [-0.3, -0.25) is 4.68 Å².